The molecule has 3 rings (SSSR count). The van der Waals surface area contributed by atoms with Crippen LogP contribution in [-0.4, -0.2) is 36.4 Å². The van der Waals surface area contributed by atoms with Gasteiger partial charge in [0.2, 0.25) is 10.0 Å². The van der Waals surface area contributed by atoms with Gasteiger partial charge in [-0.1, -0.05) is 12.1 Å². The van der Waals surface area contributed by atoms with Crippen molar-refractivity contribution in [1.82, 2.24) is 13.9 Å². The second kappa shape index (κ2) is 5.77. The van der Waals surface area contributed by atoms with Crippen LogP contribution in [-0.2, 0) is 16.6 Å². The number of hydrogen-bond acceptors (Lipinski definition) is 5. The molecule has 0 aliphatic carbocycles. The average molecular weight is 349 g/mol. The van der Waals surface area contributed by atoms with Crippen LogP contribution >= 0.6 is 0 Å². The van der Waals surface area contributed by atoms with E-state index in [-0.39, 0.29) is 28.1 Å². The van der Waals surface area contributed by atoms with Crippen molar-refractivity contribution < 1.29 is 12.8 Å². The molecule has 0 aliphatic heterocycles. The molecule has 0 saturated heterocycles. The molecule has 24 heavy (non-hydrogen) atoms. The number of hydrogen-bond donors (Lipinski definition) is 1. The molecule has 9 heteroatoms. The minimum Gasteiger partial charge on any atom is -0.408 e. The zero-order valence-corrected chi connectivity index (χ0v) is 13.8. The predicted octanol–water partition coefficient (Wildman–Crippen LogP) is 0.581. The molecule has 8 nitrogen and oxygen atoms in total. The highest BCUT2D eigenvalue weighted by Crippen LogP contribution is 2.14. The van der Waals surface area contributed by atoms with Gasteiger partial charge in [0.1, 0.15) is 0 Å². The van der Waals surface area contributed by atoms with Gasteiger partial charge in [0.05, 0.1) is 11.4 Å². The first-order valence-electron chi connectivity index (χ1n) is 7.03. The number of oxazole rings is 1. The summed E-state index contributed by atoms with van der Waals surface area (Å²) in [7, 11) is -0.564. The molecule has 0 fully saturated rings. The van der Waals surface area contributed by atoms with Gasteiger partial charge < -0.3 is 8.98 Å². The number of pyridine rings is 1. The number of benzene rings is 1. The Morgan fingerprint density at radius 3 is 2.42 bits per heavy atom. The van der Waals surface area contributed by atoms with Gasteiger partial charge in [-0.05, 0) is 23.8 Å². The van der Waals surface area contributed by atoms with E-state index >= 15 is 0 Å². The van der Waals surface area contributed by atoms with Crippen LogP contribution in [0.25, 0.3) is 11.1 Å². The van der Waals surface area contributed by atoms with Crippen molar-refractivity contribution in [2.24, 2.45) is 0 Å². The Balaban J connectivity index is 1.93. The summed E-state index contributed by atoms with van der Waals surface area (Å²) in [6, 6.07) is 7.80. The van der Waals surface area contributed by atoms with Crippen molar-refractivity contribution in [2.75, 3.05) is 14.1 Å². The van der Waals surface area contributed by atoms with Crippen LogP contribution in [0.4, 0.5) is 0 Å². The molecule has 0 spiro atoms. The lowest BCUT2D eigenvalue weighted by atomic mass is 10.2. The second-order valence-electron chi connectivity index (χ2n) is 5.43. The van der Waals surface area contributed by atoms with E-state index in [1.165, 1.54) is 43.1 Å². The largest absolute Gasteiger partial charge is 0.417 e. The lowest BCUT2D eigenvalue weighted by Gasteiger charge is -2.12. The summed E-state index contributed by atoms with van der Waals surface area (Å²) >= 11 is 0. The monoisotopic (exact) mass is 349 g/mol. The quantitative estimate of drug-likeness (QED) is 0.742. The molecule has 3 aromatic rings. The van der Waals surface area contributed by atoms with E-state index in [9.17, 15) is 18.0 Å². The van der Waals surface area contributed by atoms with Gasteiger partial charge in [-0.15, -0.1) is 0 Å². The van der Waals surface area contributed by atoms with Crippen molar-refractivity contribution in [3.8, 4) is 0 Å². The van der Waals surface area contributed by atoms with Gasteiger partial charge in [0.25, 0.3) is 5.56 Å². The summed E-state index contributed by atoms with van der Waals surface area (Å²) in [6.07, 6.45) is 1.52. The Labute approximate surface area is 137 Å². The van der Waals surface area contributed by atoms with Crippen molar-refractivity contribution in [1.29, 1.82) is 0 Å². The lowest BCUT2D eigenvalue weighted by molar-refractivity contribution is 0.520. The van der Waals surface area contributed by atoms with Gasteiger partial charge in [-0.2, -0.15) is 0 Å². The van der Waals surface area contributed by atoms with Crippen LogP contribution in [0.1, 0.15) is 5.56 Å². The summed E-state index contributed by atoms with van der Waals surface area (Å²) in [4.78, 5) is 26.0. The zero-order chi connectivity index (χ0) is 17.5. The molecule has 2 aromatic heterocycles. The van der Waals surface area contributed by atoms with Crippen LogP contribution in [0.2, 0.25) is 0 Å². The second-order valence-corrected chi connectivity index (χ2v) is 7.59. The highest BCUT2D eigenvalue weighted by Gasteiger charge is 2.16. The fourth-order valence-electron chi connectivity index (χ4n) is 2.28. The highest BCUT2D eigenvalue weighted by molar-refractivity contribution is 7.89. The molecular weight excluding hydrogens is 334 g/mol. The Morgan fingerprint density at radius 1 is 1.12 bits per heavy atom. The smallest absolute Gasteiger partial charge is 0.408 e. The Kier molecular flexibility index (Phi) is 3.90. The van der Waals surface area contributed by atoms with E-state index in [0.717, 1.165) is 9.87 Å². The highest BCUT2D eigenvalue weighted by atomic mass is 32.2. The Bertz CT molecular complexity index is 1100. The number of fused-ring (bicyclic) bond motifs is 1. The standard InChI is InChI=1S/C15H15N3O5S/c1-17(2)24(21,22)11-5-3-10(4-6-11)9-18-8-7-12-13(14(18)19)16-15(20)23-12/h3-8H,9H2,1-2H3,(H,16,20). The number of aromatic nitrogens is 2. The number of H-pyrrole nitrogens is 1. The fourth-order valence-corrected chi connectivity index (χ4v) is 3.19. The van der Waals surface area contributed by atoms with Crippen molar-refractivity contribution in [2.45, 2.75) is 11.4 Å². The third-order valence-electron chi connectivity index (χ3n) is 3.61. The van der Waals surface area contributed by atoms with Crippen molar-refractivity contribution in [3.05, 3.63) is 63.0 Å². The normalized spacial score (nSPS) is 12.1. The molecule has 1 N–H and O–H groups in total. The van der Waals surface area contributed by atoms with Gasteiger partial charge >= 0.3 is 5.76 Å². The molecule has 0 aliphatic rings. The van der Waals surface area contributed by atoms with Crippen LogP contribution in [0, 0.1) is 0 Å². The third-order valence-corrected chi connectivity index (χ3v) is 5.44. The zero-order valence-electron chi connectivity index (χ0n) is 13.0. The van der Waals surface area contributed by atoms with Gasteiger partial charge in [-0.3, -0.25) is 9.78 Å². The SMILES string of the molecule is CN(C)S(=O)(=O)c1ccc(Cn2ccc3oc(=O)[nH]c3c2=O)cc1. The fraction of sp³-hybridized carbons (Fsp3) is 0.200. The summed E-state index contributed by atoms with van der Waals surface area (Å²) < 4.78 is 31.4. The van der Waals surface area contributed by atoms with E-state index in [2.05, 4.69) is 4.98 Å². The van der Waals surface area contributed by atoms with E-state index in [4.69, 9.17) is 4.42 Å². The molecule has 0 amide bonds. The third kappa shape index (κ3) is 2.79. The van der Waals surface area contributed by atoms with E-state index < -0.39 is 15.8 Å². The van der Waals surface area contributed by atoms with Crippen LogP contribution < -0.4 is 11.3 Å². The van der Waals surface area contributed by atoms with Gasteiger partial charge in [-0.25, -0.2) is 17.5 Å². The topological polar surface area (TPSA) is 105 Å². The lowest BCUT2D eigenvalue weighted by Crippen LogP contribution is -2.22. The molecular formula is C15H15N3O5S. The summed E-state index contributed by atoms with van der Waals surface area (Å²) in [5.41, 5.74) is 0.673. The summed E-state index contributed by atoms with van der Waals surface area (Å²) in [5, 5.41) is 0. The van der Waals surface area contributed by atoms with E-state index in [1.54, 1.807) is 12.1 Å². The molecule has 2 heterocycles. The maximum absolute atomic E-state index is 12.3. The number of aromatic amines is 1. The molecule has 1 aromatic carbocycles. The first-order valence-corrected chi connectivity index (χ1v) is 8.47. The minimum absolute atomic E-state index is 0.106. The number of nitrogens with zero attached hydrogens (tertiary/aromatic N) is 2. The van der Waals surface area contributed by atoms with Gasteiger partial charge in [0, 0.05) is 20.3 Å². The maximum atomic E-state index is 12.3. The first-order chi connectivity index (χ1) is 11.3. The van der Waals surface area contributed by atoms with Crippen molar-refractivity contribution >= 4 is 21.1 Å². The number of nitrogens with one attached hydrogen (secondary N) is 1. The first kappa shape index (κ1) is 16.2. The van der Waals surface area contributed by atoms with Crippen LogP contribution in [0.15, 0.2) is 55.4 Å². The molecule has 0 bridgehead atoms. The Morgan fingerprint density at radius 2 is 1.79 bits per heavy atom. The number of rotatable bonds is 4. The molecule has 0 radical (unpaired) electrons. The van der Waals surface area contributed by atoms with E-state index in [0.29, 0.717) is 0 Å². The molecule has 0 unspecified atom stereocenters. The van der Waals surface area contributed by atoms with Gasteiger partial charge in [0.15, 0.2) is 11.1 Å². The predicted molar refractivity (Wildman–Crippen MR) is 87.5 cm³/mol. The number of sulfonamides is 1. The average Bonchev–Trinajstić information content (AvgIpc) is 2.92. The summed E-state index contributed by atoms with van der Waals surface area (Å²) in [6.45, 7) is 0.240. The minimum atomic E-state index is -3.49. The summed E-state index contributed by atoms with van der Waals surface area (Å²) in [5.74, 6) is -0.682. The van der Waals surface area contributed by atoms with Crippen LogP contribution in [0.5, 0.6) is 0 Å². The molecule has 126 valence electrons. The maximum Gasteiger partial charge on any atom is 0.417 e. The van der Waals surface area contributed by atoms with Crippen molar-refractivity contribution in [3.63, 3.8) is 0 Å². The van der Waals surface area contributed by atoms with Crippen LogP contribution in [0.3, 0.4) is 0 Å². The molecule has 0 atom stereocenters. The molecule has 0 saturated carbocycles. The Hall–Kier alpha value is -2.65. The van der Waals surface area contributed by atoms with E-state index in [1.807, 2.05) is 0 Å².